The Morgan fingerprint density at radius 2 is 1.68 bits per heavy atom. The molecule has 2 aliphatic rings. The molecule has 10 heteroatoms. The summed E-state index contributed by atoms with van der Waals surface area (Å²) in [6.45, 7) is 3.56. The monoisotopic (exact) mass is 533 g/mol. The second kappa shape index (κ2) is 10.8. The molecule has 0 spiro atoms. The fourth-order valence-corrected chi connectivity index (χ4v) is 5.46. The van der Waals surface area contributed by atoms with Gasteiger partial charge in [0.1, 0.15) is 0 Å². The van der Waals surface area contributed by atoms with Gasteiger partial charge in [0.25, 0.3) is 11.8 Å². The number of amides is 2. The maximum atomic E-state index is 13.1. The molecule has 0 aliphatic carbocycles. The molecule has 3 aromatic rings. The van der Waals surface area contributed by atoms with Crippen LogP contribution in [0.4, 0.5) is 22.7 Å². The standard InChI is InChI=1S/C28H31N5O4S/c1-38(36,37)32-23-8-4-3-7-21(23)19-9-11-22-25(17-19)30-24-12-10-20(18-26(24)31-28(22)35)27(34)29-13-16-33-14-5-2-6-15-33/h3-4,7-12,17-18,30,32H,2,5-6,13-16H2,1H3,(H,29,34)(H,31,35). The topological polar surface area (TPSA) is 120 Å². The quantitative estimate of drug-likeness (QED) is 0.361. The van der Waals surface area contributed by atoms with Gasteiger partial charge in [0.15, 0.2) is 0 Å². The summed E-state index contributed by atoms with van der Waals surface area (Å²) in [5.74, 6) is -0.485. The summed E-state index contributed by atoms with van der Waals surface area (Å²) < 4.78 is 26.2. The predicted octanol–water partition coefficient (Wildman–Crippen LogP) is 4.25. The number of para-hydroxylation sites is 1. The van der Waals surface area contributed by atoms with Crippen LogP contribution in [0, 0.1) is 0 Å². The normalized spacial score (nSPS) is 15.3. The van der Waals surface area contributed by atoms with Gasteiger partial charge in [-0.3, -0.25) is 14.3 Å². The molecule has 4 N–H and O–H groups in total. The molecular formula is C28H31N5O4S. The molecule has 0 unspecified atom stereocenters. The number of nitrogens with one attached hydrogen (secondary N) is 4. The van der Waals surface area contributed by atoms with E-state index in [-0.39, 0.29) is 11.8 Å². The number of carbonyl (C=O) groups is 2. The largest absolute Gasteiger partial charge is 0.353 e. The second-order valence-corrected chi connectivity index (χ2v) is 11.4. The smallest absolute Gasteiger partial charge is 0.257 e. The first-order chi connectivity index (χ1) is 18.3. The highest BCUT2D eigenvalue weighted by atomic mass is 32.2. The Labute approximate surface area is 222 Å². The van der Waals surface area contributed by atoms with E-state index in [1.807, 2.05) is 18.2 Å². The molecule has 0 saturated carbocycles. The average molecular weight is 534 g/mol. The van der Waals surface area contributed by atoms with Crippen molar-refractivity contribution in [2.75, 3.05) is 47.8 Å². The van der Waals surface area contributed by atoms with Crippen LogP contribution in [0.5, 0.6) is 0 Å². The number of sulfonamides is 1. The maximum absolute atomic E-state index is 13.1. The Hall–Kier alpha value is -3.89. The van der Waals surface area contributed by atoms with Gasteiger partial charge in [0, 0.05) is 24.2 Å². The van der Waals surface area contributed by atoms with E-state index in [4.69, 9.17) is 0 Å². The van der Waals surface area contributed by atoms with Crippen molar-refractivity contribution in [3.63, 3.8) is 0 Å². The Bertz CT molecular complexity index is 1480. The lowest BCUT2D eigenvalue weighted by molar-refractivity contribution is 0.0945. The summed E-state index contributed by atoms with van der Waals surface area (Å²) in [6.07, 6.45) is 4.79. The highest BCUT2D eigenvalue weighted by molar-refractivity contribution is 7.92. The number of carbonyl (C=O) groups excluding carboxylic acids is 2. The second-order valence-electron chi connectivity index (χ2n) is 9.68. The summed E-state index contributed by atoms with van der Waals surface area (Å²) in [5, 5.41) is 9.19. The molecule has 198 valence electrons. The van der Waals surface area contributed by atoms with Crippen LogP contribution in [0.2, 0.25) is 0 Å². The lowest BCUT2D eigenvalue weighted by Crippen LogP contribution is -2.37. The molecule has 2 heterocycles. The first-order valence-electron chi connectivity index (χ1n) is 12.7. The van der Waals surface area contributed by atoms with Crippen molar-refractivity contribution in [1.82, 2.24) is 10.2 Å². The molecular weight excluding hydrogens is 502 g/mol. The lowest BCUT2D eigenvalue weighted by atomic mass is 10.0. The van der Waals surface area contributed by atoms with Crippen molar-refractivity contribution >= 4 is 44.6 Å². The molecule has 0 aromatic heterocycles. The molecule has 9 nitrogen and oxygen atoms in total. The molecule has 1 fully saturated rings. The van der Waals surface area contributed by atoms with Crippen LogP contribution in [0.3, 0.4) is 0 Å². The summed E-state index contributed by atoms with van der Waals surface area (Å²) in [7, 11) is -3.47. The van der Waals surface area contributed by atoms with Gasteiger partial charge in [0.05, 0.1) is 34.6 Å². The van der Waals surface area contributed by atoms with Crippen molar-refractivity contribution < 1.29 is 18.0 Å². The Morgan fingerprint density at radius 1 is 0.895 bits per heavy atom. The minimum atomic E-state index is -3.47. The number of rotatable bonds is 7. The van der Waals surface area contributed by atoms with Gasteiger partial charge in [0.2, 0.25) is 10.0 Å². The number of anilines is 4. The van der Waals surface area contributed by atoms with Crippen LogP contribution in [-0.4, -0.2) is 57.6 Å². The zero-order chi connectivity index (χ0) is 26.7. The number of piperidine rings is 1. The third-order valence-corrected chi connectivity index (χ3v) is 7.35. The van der Waals surface area contributed by atoms with Crippen LogP contribution in [0.25, 0.3) is 11.1 Å². The summed E-state index contributed by atoms with van der Waals surface area (Å²) in [6, 6.07) is 17.6. The third-order valence-electron chi connectivity index (χ3n) is 6.76. The number of nitrogens with zero attached hydrogens (tertiary/aromatic N) is 1. The Morgan fingerprint density at radius 3 is 2.47 bits per heavy atom. The average Bonchev–Trinajstić information content (AvgIpc) is 3.03. The van der Waals surface area contributed by atoms with Gasteiger partial charge in [-0.2, -0.15) is 0 Å². The van der Waals surface area contributed by atoms with Crippen LogP contribution in [0.1, 0.15) is 40.0 Å². The van der Waals surface area contributed by atoms with Crippen LogP contribution < -0.4 is 20.7 Å². The summed E-state index contributed by atoms with van der Waals surface area (Å²) >= 11 is 0. The van der Waals surface area contributed by atoms with Crippen molar-refractivity contribution in [3.05, 3.63) is 71.8 Å². The highest BCUT2D eigenvalue weighted by Crippen LogP contribution is 2.37. The van der Waals surface area contributed by atoms with E-state index in [9.17, 15) is 18.0 Å². The maximum Gasteiger partial charge on any atom is 0.257 e. The zero-order valence-corrected chi connectivity index (χ0v) is 22.0. The summed E-state index contributed by atoms with van der Waals surface area (Å²) in [4.78, 5) is 28.2. The van der Waals surface area contributed by atoms with Gasteiger partial charge >= 0.3 is 0 Å². The Balaban J connectivity index is 1.35. The summed E-state index contributed by atoms with van der Waals surface area (Å²) in [5.41, 5.74) is 4.52. The van der Waals surface area contributed by atoms with E-state index >= 15 is 0 Å². The SMILES string of the molecule is CS(=O)(=O)Nc1ccccc1-c1ccc2c(c1)Nc1ccc(C(=O)NCCN3CCCCC3)cc1NC2=O. The number of benzene rings is 3. The fourth-order valence-electron chi connectivity index (χ4n) is 4.88. The molecule has 3 aromatic carbocycles. The molecule has 0 radical (unpaired) electrons. The van der Waals surface area contributed by atoms with Gasteiger partial charge in [-0.15, -0.1) is 0 Å². The van der Waals surface area contributed by atoms with Gasteiger partial charge < -0.3 is 20.9 Å². The van der Waals surface area contributed by atoms with Gasteiger partial charge in [-0.05, 0) is 67.9 Å². The van der Waals surface area contributed by atoms with E-state index in [1.54, 1.807) is 42.5 Å². The molecule has 1 saturated heterocycles. The van der Waals surface area contributed by atoms with Crippen LogP contribution >= 0.6 is 0 Å². The molecule has 0 bridgehead atoms. The zero-order valence-electron chi connectivity index (χ0n) is 21.2. The first-order valence-corrected chi connectivity index (χ1v) is 14.6. The molecule has 38 heavy (non-hydrogen) atoms. The molecule has 2 amide bonds. The van der Waals surface area contributed by atoms with E-state index in [0.29, 0.717) is 46.0 Å². The minimum Gasteiger partial charge on any atom is -0.353 e. The van der Waals surface area contributed by atoms with Crippen LogP contribution in [0.15, 0.2) is 60.7 Å². The number of fused-ring (bicyclic) bond motifs is 2. The van der Waals surface area contributed by atoms with Crippen molar-refractivity contribution in [3.8, 4) is 11.1 Å². The van der Waals surface area contributed by atoms with Crippen molar-refractivity contribution in [2.24, 2.45) is 0 Å². The highest BCUT2D eigenvalue weighted by Gasteiger charge is 2.22. The predicted molar refractivity (Wildman–Crippen MR) is 151 cm³/mol. The fraction of sp³-hybridized carbons (Fsp3) is 0.286. The van der Waals surface area contributed by atoms with Crippen molar-refractivity contribution in [2.45, 2.75) is 19.3 Å². The third kappa shape index (κ3) is 5.98. The van der Waals surface area contributed by atoms with E-state index in [1.165, 1.54) is 19.3 Å². The minimum absolute atomic E-state index is 0.182. The van der Waals surface area contributed by atoms with Crippen molar-refractivity contribution in [1.29, 1.82) is 0 Å². The number of likely N-dealkylation sites (tertiary alicyclic amines) is 1. The number of hydrogen-bond acceptors (Lipinski definition) is 6. The molecule has 2 aliphatic heterocycles. The van der Waals surface area contributed by atoms with E-state index in [2.05, 4.69) is 25.6 Å². The molecule has 0 atom stereocenters. The van der Waals surface area contributed by atoms with Gasteiger partial charge in [-0.1, -0.05) is 30.7 Å². The first kappa shape index (κ1) is 25.7. The van der Waals surface area contributed by atoms with Crippen LogP contribution in [-0.2, 0) is 10.0 Å². The van der Waals surface area contributed by atoms with E-state index in [0.717, 1.165) is 31.5 Å². The number of hydrogen-bond donors (Lipinski definition) is 4. The molecule has 5 rings (SSSR count). The van der Waals surface area contributed by atoms with E-state index < -0.39 is 10.0 Å². The van der Waals surface area contributed by atoms with Gasteiger partial charge in [-0.25, -0.2) is 8.42 Å². The Kier molecular flexibility index (Phi) is 7.35. The lowest BCUT2D eigenvalue weighted by Gasteiger charge is -2.26.